The van der Waals surface area contributed by atoms with Crippen LogP contribution in [0.5, 0.6) is 0 Å². The average molecular weight is 308 g/mol. The van der Waals surface area contributed by atoms with Crippen molar-refractivity contribution in [2.45, 2.75) is 24.8 Å². The van der Waals surface area contributed by atoms with Gasteiger partial charge in [-0.2, -0.15) is 0 Å². The van der Waals surface area contributed by atoms with Crippen LogP contribution in [0.4, 0.5) is 0 Å². The highest BCUT2D eigenvalue weighted by Crippen LogP contribution is 2.33. The van der Waals surface area contributed by atoms with Crippen molar-refractivity contribution in [1.29, 1.82) is 0 Å². The molecule has 3 heteroatoms. The Morgan fingerprint density at radius 3 is 2.87 bits per heavy atom. The minimum Gasteiger partial charge on any atom is -0.342 e. The standard InChI is InChI=1S/C20H24N2O/c1-22(2)14-13-20(17-10-5-3-4-6-11-17)15-16-9-7-8-12-18(16)19(23)21-20/h3,5-12H,4,13-15H2,1-2H3,(H,21,23). The summed E-state index contributed by atoms with van der Waals surface area (Å²) < 4.78 is 0. The molecular weight excluding hydrogens is 284 g/mol. The highest BCUT2D eigenvalue weighted by molar-refractivity contribution is 5.98. The van der Waals surface area contributed by atoms with Gasteiger partial charge in [-0.1, -0.05) is 48.6 Å². The molecule has 0 aromatic heterocycles. The normalized spacial score (nSPS) is 23.3. The molecule has 3 rings (SSSR count). The van der Waals surface area contributed by atoms with Crippen LogP contribution in [0.15, 0.2) is 60.2 Å². The van der Waals surface area contributed by atoms with Gasteiger partial charge in [0.25, 0.3) is 5.91 Å². The zero-order valence-corrected chi connectivity index (χ0v) is 13.9. The molecule has 1 atom stereocenters. The molecule has 1 unspecified atom stereocenters. The first-order valence-electron chi connectivity index (χ1n) is 8.20. The third-order valence-electron chi connectivity index (χ3n) is 4.63. The monoisotopic (exact) mass is 308 g/mol. The quantitative estimate of drug-likeness (QED) is 0.927. The van der Waals surface area contributed by atoms with Crippen LogP contribution >= 0.6 is 0 Å². The Kier molecular flexibility index (Phi) is 4.49. The van der Waals surface area contributed by atoms with E-state index >= 15 is 0 Å². The first-order valence-corrected chi connectivity index (χ1v) is 8.20. The highest BCUT2D eigenvalue weighted by atomic mass is 16.1. The number of hydrogen-bond donors (Lipinski definition) is 1. The van der Waals surface area contributed by atoms with Crippen LogP contribution in [0, 0.1) is 0 Å². The zero-order valence-electron chi connectivity index (χ0n) is 13.9. The Bertz CT molecular complexity index is 685. The summed E-state index contributed by atoms with van der Waals surface area (Å²) in [5, 5.41) is 3.32. The molecule has 23 heavy (non-hydrogen) atoms. The molecule has 2 aliphatic rings. The van der Waals surface area contributed by atoms with Crippen LogP contribution in [0.1, 0.15) is 28.8 Å². The van der Waals surface area contributed by atoms with Crippen molar-refractivity contribution in [3.05, 3.63) is 71.3 Å². The second-order valence-electron chi connectivity index (χ2n) is 6.61. The van der Waals surface area contributed by atoms with Gasteiger partial charge in [0.2, 0.25) is 0 Å². The lowest BCUT2D eigenvalue weighted by Crippen LogP contribution is -2.55. The third kappa shape index (κ3) is 3.30. The molecule has 0 saturated carbocycles. The maximum Gasteiger partial charge on any atom is 0.252 e. The second kappa shape index (κ2) is 6.55. The SMILES string of the molecule is CN(C)CCC1(C2=CC=CCC=C2)Cc2ccccc2C(=O)N1. The molecule has 120 valence electrons. The summed E-state index contributed by atoms with van der Waals surface area (Å²) in [4.78, 5) is 14.9. The van der Waals surface area contributed by atoms with Gasteiger partial charge in [-0.25, -0.2) is 0 Å². The number of nitrogens with one attached hydrogen (secondary N) is 1. The van der Waals surface area contributed by atoms with Crippen LogP contribution in [-0.2, 0) is 6.42 Å². The number of benzene rings is 1. The van der Waals surface area contributed by atoms with Gasteiger partial charge in [0.1, 0.15) is 0 Å². The number of hydrogen-bond acceptors (Lipinski definition) is 2. The van der Waals surface area contributed by atoms with Gasteiger partial charge in [-0.15, -0.1) is 0 Å². The zero-order chi connectivity index (χ0) is 16.3. The minimum atomic E-state index is -0.332. The Balaban J connectivity index is 2.02. The van der Waals surface area contributed by atoms with Crippen LogP contribution < -0.4 is 5.32 Å². The molecule has 3 nitrogen and oxygen atoms in total. The van der Waals surface area contributed by atoms with Gasteiger partial charge >= 0.3 is 0 Å². The fraction of sp³-hybridized carbons (Fsp3) is 0.350. The predicted molar refractivity (Wildman–Crippen MR) is 94.5 cm³/mol. The average Bonchev–Trinajstić information content (AvgIpc) is 2.83. The molecule has 1 aromatic rings. The molecule has 1 heterocycles. The molecular formula is C20H24N2O. The number of amides is 1. The van der Waals surface area contributed by atoms with E-state index in [-0.39, 0.29) is 11.4 Å². The molecule has 1 amide bonds. The van der Waals surface area contributed by atoms with Gasteiger partial charge in [0.05, 0.1) is 5.54 Å². The van der Waals surface area contributed by atoms with Gasteiger partial charge in [0, 0.05) is 18.5 Å². The summed E-state index contributed by atoms with van der Waals surface area (Å²) >= 11 is 0. The lowest BCUT2D eigenvalue weighted by atomic mass is 9.76. The van der Waals surface area contributed by atoms with E-state index in [1.165, 1.54) is 5.57 Å². The van der Waals surface area contributed by atoms with Gasteiger partial charge in [0.15, 0.2) is 0 Å². The van der Waals surface area contributed by atoms with E-state index in [0.29, 0.717) is 0 Å². The number of carbonyl (C=O) groups excluding carboxylic acids is 1. The number of allylic oxidation sites excluding steroid dienone is 4. The Hall–Kier alpha value is -2.13. The Morgan fingerprint density at radius 2 is 2.04 bits per heavy atom. The summed E-state index contributed by atoms with van der Waals surface area (Å²) in [6, 6.07) is 7.94. The third-order valence-corrected chi connectivity index (χ3v) is 4.63. The summed E-state index contributed by atoms with van der Waals surface area (Å²) in [6.07, 6.45) is 13.4. The van der Waals surface area contributed by atoms with E-state index in [9.17, 15) is 4.79 Å². The van der Waals surface area contributed by atoms with Gasteiger partial charge in [-0.3, -0.25) is 4.79 Å². The Labute approximate surface area is 138 Å². The fourth-order valence-corrected chi connectivity index (χ4v) is 3.33. The molecule has 0 fully saturated rings. The molecule has 1 aromatic carbocycles. The maximum absolute atomic E-state index is 12.7. The van der Waals surface area contributed by atoms with Gasteiger partial charge < -0.3 is 10.2 Å². The molecule has 0 radical (unpaired) electrons. The number of fused-ring (bicyclic) bond motifs is 1. The summed E-state index contributed by atoms with van der Waals surface area (Å²) in [6.45, 7) is 0.928. The largest absolute Gasteiger partial charge is 0.342 e. The number of nitrogens with zero attached hydrogens (tertiary/aromatic N) is 1. The molecule has 0 spiro atoms. The van der Waals surface area contributed by atoms with Crippen LogP contribution in [-0.4, -0.2) is 37.0 Å². The molecule has 0 bridgehead atoms. The Morgan fingerprint density at radius 1 is 1.22 bits per heavy atom. The second-order valence-corrected chi connectivity index (χ2v) is 6.61. The predicted octanol–water partition coefficient (Wildman–Crippen LogP) is 3.11. The van der Waals surface area contributed by atoms with E-state index in [1.54, 1.807) is 0 Å². The minimum absolute atomic E-state index is 0.0353. The van der Waals surface area contributed by atoms with Crippen LogP contribution in [0.3, 0.4) is 0 Å². The lowest BCUT2D eigenvalue weighted by molar-refractivity contribution is 0.0888. The van der Waals surface area contributed by atoms with E-state index in [2.05, 4.69) is 60.8 Å². The first kappa shape index (κ1) is 15.8. The van der Waals surface area contributed by atoms with E-state index in [1.807, 2.05) is 18.2 Å². The van der Waals surface area contributed by atoms with Gasteiger partial charge in [-0.05, 0) is 44.1 Å². The van der Waals surface area contributed by atoms with Crippen molar-refractivity contribution in [3.8, 4) is 0 Å². The molecule has 1 aliphatic carbocycles. The first-order chi connectivity index (χ1) is 11.1. The van der Waals surface area contributed by atoms with Crippen molar-refractivity contribution < 1.29 is 4.79 Å². The van der Waals surface area contributed by atoms with E-state index in [0.717, 1.165) is 36.9 Å². The van der Waals surface area contributed by atoms with Crippen molar-refractivity contribution >= 4 is 5.91 Å². The highest BCUT2D eigenvalue weighted by Gasteiger charge is 2.39. The molecule has 0 saturated heterocycles. The van der Waals surface area contributed by atoms with E-state index < -0.39 is 0 Å². The summed E-state index contributed by atoms with van der Waals surface area (Å²) in [5.74, 6) is 0.0353. The number of rotatable bonds is 4. The van der Waals surface area contributed by atoms with Crippen LogP contribution in [0.2, 0.25) is 0 Å². The van der Waals surface area contributed by atoms with E-state index in [4.69, 9.17) is 0 Å². The van der Waals surface area contributed by atoms with Crippen LogP contribution in [0.25, 0.3) is 0 Å². The van der Waals surface area contributed by atoms with Crippen molar-refractivity contribution in [2.75, 3.05) is 20.6 Å². The topological polar surface area (TPSA) is 32.3 Å². The maximum atomic E-state index is 12.7. The fourth-order valence-electron chi connectivity index (χ4n) is 3.33. The van der Waals surface area contributed by atoms with Crippen molar-refractivity contribution in [1.82, 2.24) is 10.2 Å². The summed E-state index contributed by atoms with van der Waals surface area (Å²) in [7, 11) is 4.15. The van der Waals surface area contributed by atoms with Crippen molar-refractivity contribution in [2.24, 2.45) is 0 Å². The lowest BCUT2D eigenvalue weighted by Gasteiger charge is -2.41. The molecule has 1 aliphatic heterocycles. The number of carbonyl (C=O) groups is 1. The molecule has 1 N–H and O–H groups in total. The smallest absolute Gasteiger partial charge is 0.252 e. The summed E-state index contributed by atoms with van der Waals surface area (Å²) in [5.41, 5.74) is 2.80. The van der Waals surface area contributed by atoms with Crippen molar-refractivity contribution in [3.63, 3.8) is 0 Å².